The van der Waals surface area contributed by atoms with Crippen molar-refractivity contribution in [3.05, 3.63) is 51.6 Å². The van der Waals surface area contributed by atoms with E-state index >= 15 is 0 Å². The number of ether oxygens (including phenoxy) is 1. The summed E-state index contributed by atoms with van der Waals surface area (Å²) in [5.41, 5.74) is 0.553. The van der Waals surface area contributed by atoms with E-state index in [1.807, 2.05) is 0 Å². The zero-order valence-electron chi connectivity index (χ0n) is 15.5. The summed E-state index contributed by atoms with van der Waals surface area (Å²) >= 11 is 0. The van der Waals surface area contributed by atoms with Crippen LogP contribution in [0.3, 0.4) is 0 Å². The number of carbonyl (C=O) groups excluding carboxylic acids is 3. The summed E-state index contributed by atoms with van der Waals surface area (Å²) in [5, 5.41) is 24.3. The number of aromatic hydroxyl groups is 2. The van der Waals surface area contributed by atoms with E-state index < -0.39 is 11.6 Å². The average molecular weight is 381 g/mol. The van der Waals surface area contributed by atoms with Gasteiger partial charge in [-0.3, -0.25) is 14.4 Å². The molecule has 0 saturated carbocycles. The molecule has 0 aliphatic heterocycles. The molecule has 2 aromatic rings. The maximum atomic E-state index is 13.1. The quantitative estimate of drug-likeness (QED) is 0.583. The van der Waals surface area contributed by atoms with Crippen LogP contribution in [0.5, 0.6) is 17.2 Å². The Balaban J connectivity index is 1.95. The number of rotatable bonds is 2. The molecule has 2 aromatic carbocycles. The Morgan fingerprint density at radius 2 is 1.75 bits per heavy atom. The molecule has 0 radical (unpaired) electrons. The van der Waals surface area contributed by atoms with Gasteiger partial charge in [0, 0.05) is 29.7 Å². The van der Waals surface area contributed by atoms with Crippen LogP contribution < -0.4 is 10.1 Å². The number of phenolic OH excluding ortho intramolecular Hbond substituents is 2. The first kappa shape index (κ1) is 18.0. The lowest BCUT2D eigenvalue weighted by atomic mass is 9.75. The summed E-state index contributed by atoms with van der Waals surface area (Å²) in [4.78, 5) is 38.3. The van der Waals surface area contributed by atoms with Crippen molar-refractivity contribution in [2.75, 3.05) is 14.2 Å². The van der Waals surface area contributed by atoms with E-state index in [2.05, 4.69) is 5.32 Å². The van der Waals surface area contributed by atoms with Crippen molar-refractivity contribution in [1.82, 2.24) is 5.32 Å². The third kappa shape index (κ3) is 2.32. The summed E-state index contributed by atoms with van der Waals surface area (Å²) in [6.45, 7) is 0. The number of hydrogen-bond donors (Lipinski definition) is 3. The minimum absolute atomic E-state index is 0.0798. The minimum atomic E-state index is -0.564. The third-order valence-corrected chi connectivity index (χ3v) is 5.64. The van der Waals surface area contributed by atoms with Gasteiger partial charge >= 0.3 is 0 Å². The average Bonchev–Trinajstić information content (AvgIpc) is 2.72. The lowest BCUT2D eigenvalue weighted by molar-refractivity contribution is -0.124. The topological polar surface area (TPSA) is 113 Å². The molecule has 0 aromatic heterocycles. The molecule has 7 nitrogen and oxygen atoms in total. The maximum absolute atomic E-state index is 13.1. The molecule has 0 saturated heterocycles. The summed E-state index contributed by atoms with van der Waals surface area (Å²) in [5.74, 6) is -2.05. The van der Waals surface area contributed by atoms with Crippen LogP contribution in [0.25, 0.3) is 0 Å². The molecule has 28 heavy (non-hydrogen) atoms. The van der Waals surface area contributed by atoms with Crippen LogP contribution in [0.15, 0.2) is 18.2 Å². The van der Waals surface area contributed by atoms with Gasteiger partial charge in [-0.25, -0.2) is 0 Å². The number of phenols is 2. The summed E-state index contributed by atoms with van der Waals surface area (Å²) < 4.78 is 5.22. The molecule has 4 rings (SSSR count). The first-order chi connectivity index (χ1) is 13.4. The molecule has 1 atom stereocenters. The molecule has 1 amide bonds. The lowest BCUT2D eigenvalue weighted by Crippen LogP contribution is -2.32. The SMILES string of the molecule is CNC(=O)C1CCc2c(O)c3c(c(O)c2C1)C(=O)c1cccc(OC)c1C3=O. The van der Waals surface area contributed by atoms with Crippen molar-refractivity contribution in [1.29, 1.82) is 0 Å². The Hall–Kier alpha value is -3.35. The van der Waals surface area contributed by atoms with Gasteiger partial charge < -0.3 is 20.3 Å². The first-order valence-corrected chi connectivity index (χ1v) is 8.98. The van der Waals surface area contributed by atoms with E-state index in [0.717, 1.165) is 0 Å². The molecule has 0 spiro atoms. The molecule has 0 fully saturated rings. The molecule has 2 aliphatic rings. The number of nitrogens with one attached hydrogen (secondary N) is 1. The Labute approximate surface area is 160 Å². The normalized spacial score (nSPS) is 17.4. The number of hydrogen-bond acceptors (Lipinski definition) is 6. The number of ketones is 2. The van der Waals surface area contributed by atoms with Gasteiger partial charge in [-0.1, -0.05) is 12.1 Å². The molecule has 3 N–H and O–H groups in total. The molecule has 7 heteroatoms. The van der Waals surface area contributed by atoms with Crippen molar-refractivity contribution in [2.24, 2.45) is 5.92 Å². The smallest absolute Gasteiger partial charge is 0.223 e. The highest BCUT2D eigenvalue weighted by atomic mass is 16.5. The van der Waals surface area contributed by atoms with Gasteiger partial charge in [-0.2, -0.15) is 0 Å². The number of carbonyl (C=O) groups is 3. The van der Waals surface area contributed by atoms with Gasteiger partial charge in [0.1, 0.15) is 17.2 Å². The molecular formula is C21H19NO6. The van der Waals surface area contributed by atoms with Gasteiger partial charge in [0.25, 0.3) is 0 Å². The van der Waals surface area contributed by atoms with E-state index in [-0.39, 0.29) is 57.7 Å². The highest BCUT2D eigenvalue weighted by Gasteiger charge is 2.40. The molecule has 0 heterocycles. The van der Waals surface area contributed by atoms with Crippen LogP contribution in [0.1, 0.15) is 49.4 Å². The lowest BCUT2D eigenvalue weighted by Gasteiger charge is -2.29. The van der Waals surface area contributed by atoms with Crippen LogP contribution in [0.2, 0.25) is 0 Å². The third-order valence-electron chi connectivity index (χ3n) is 5.64. The Kier molecular flexibility index (Phi) is 4.10. The van der Waals surface area contributed by atoms with Gasteiger partial charge in [0.15, 0.2) is 5.78 Å². The van der Waals surface area contributed by atoms with Gasteiger partial charge in [0.05, 0.1) is 23.8 Å². The number of fused-ring (bicyclic) bond motifs is 3. The summed E-state index contributed by atoms with van der Waals surface area (Å²) in [6, 6.07) is 4.65. The minimum Gasteiger partial charge on any atom is -0.507 e. The Morgan fingerprint density at radius 1 is 1.07 bits per heavy atom. The van der Waals surface area contributed by atoms with Crippen LogP contribution in [-0.4, -0.2) is 41.8 Å². The highest BCUT2D eigenvalue weighted by molar-refractivity contribution is 6.31. The molecule has 2 aliphatic carbocycles. The van der Waals surface area contributed by atoms with E-state index in [1.165, 1.54) is 20.2 Å². The fourth-order valence-electron chi connectivity index (χ4n) is 4.24. The monoisotopic (exact) mass is 381 g/mol. The zero-order chi connectivity index (χ0) is 20.2. The number of methoxy groups -OCH3 is 1. The predicted molar refractivity (Wildman–Crippen MR) is 99.2 cm³/mol. The molecule has 0 bridgehead atoms. The molecular weight excluding hydrogens is 362 g/mol. The number of amides is 1. The fourth-order valence-corrected chi connectivity index (χ4v) is 4.24. The second-order valence-electron chi connectivity index (χ2n) is 7.00. The highest BCUT2D eigenvalue weighted by Crippen LogP contribution is 2.47. The largest absolute Gasteiger partial charge is 0.507 e. The molecule has 1 unspecified atom stereocenters. The van der Waals surface area contributed by atoms with Gasteiger partial charge in [-0.15, -0.1) is 0 Å². The summed E-state index contributed by atoms with van der Waals surface area (Å²) in [6.07, 6.45) is 0.981. The van der Waals surface area contributed by atoms with Crippen molar-refractivity contribution in [2.45, 2.75) is 19.3 Å². The van der Waals surface area contributed by atoms with Crippen LogP contribution >= 0.6 is 0 Å². The van der Waals surface area contributed by atoms with Gasteiger partial charge in [0.2, 0.25) is 11.7 Å². The van der Waals surface area contributed by atoms with Gasteiger partial charge in [-0.05, 0) is 25.3 Å². The standard InChI is InChI=1S/C21H19NO6/c1-22-21(27)9-6-7-10-12(8-9)19(25)15-16(17(10)23)20(26)14-11(18(15)24)4-3-5-13(14)28-2/h3-5,9,23,25H,6-8H2,1-2H3,(H,22,27). The predicted octanol–water partition coefficient (Wildman–Crippen LogP) is 1.73. The molecule has 144 valence electrons. The van der Waals surface area contributed by atoms with E-state index in [1.54, 1.807) is 12.1 Å². The van der Waals surface area contributed by atoms with E-state index in [9.17, 15) is 24.6 Å². The Bertz CT molecular complexity index is 1060. The second-order valence-corrected chi connectivity index (χ2v) is 7.00. The fraction of sp³-hybridized carbons (Fsp3) is 0.286. The Morgan fingerprint density at radius 3 is 2.43 bits per heavy atom. The van der Waals surface area contributed by atoms with E-state index in [4.69, 9.17) is 4.74 Å². The van der Waals surface area contributed by atoms with Crippen molar-refractivity contribution >= 4 is 17.5 Å². The van der Waals surface area contributed by atoms with Crippen LogP contribution in [0, 0.1) is 5.92 Å². The first-order valence-electron chi connectivity index (χ1n) is 8.98. The van der Waals surface area contributed by atoms with Crippen molar-refractivity contribution < 1.29 is 29.3 Å². The van der Waals surface area contributed by atoms with E-state index in [0.29, 0.717) is 24.0 Å². The van der Waals surface area contributed by atoms with Crippen molar-refractivity contribution in [3.8, 4) is 17.2 Å². The van der Waals surface area contributed by atoms with Crippen LogP contribution in [0.4, 0.5) is 0 Å². The van der Waals surface area contributed by atoms with Crippen molar-refractivity contribution in [3.63, 3.8) is 0 Å². The number of benzene rings is 2. The zero-order valence-corrected chi connectivity index (χ0v) is 15.5. The van der Waals surface area contributed by atoms with Crippen LogP contribution in [-0.2, 0) is 17.6 Å². The maximum Gasteiger partial charge on any atom is 0.223 e. The second kappa shape index (κ2) is 6.37. The summed E-state index contributed by atoms with van der Waals surface area (Å²) in [7, 11) is 2.93.